The Morgan fingerprint density at radius 1 is 1.30 bits per heavy atom. The minimum Gasteiger partial charge on any atom is -0.481 e. The third kappa shape index (κ3) is 3.22. The Morgan fingerprint density at radius 2 is 2.00 bits per heavy atom. The van der Waals surface area contributed by atoms with Crippen LogP contribution in [0.4, 0.5) is 0 Å². The van der Waals surface area contributed by atoms with E-state index in [-0.39, 0.29) is 0 Å². The third-order valence-corrected chi connectivity index (χ3v) is 4.02. The van der Waals surface area contributed by atoms with Crippen molar-refractivity contribution in [3.05, 3.63) is 57.6 Å². The number of halogens is 1. The molecule has 104 valence electrons. The van der Waals surface area contributed by atoms with Crippen molar-refractivity contribution in [2.75, 3.05) is 0 Å². The number of carboxylic acid groups (broad SMARTS) is 1. The molecule has 0 aliphatic carbocycles. The van der Waals surface area contributed by atoms with Crippen molar-refractivity contribution in [2.24, 2.45) is 0 Å². The zero-order valence-electron chi connectivity index (χ0n) is 11.3. The lowest BCUT2D eigenvalue weighted by Crippen LogP contribution is -2.17. The largest absolute Gasteiger partial charge is 0.481 e. The SMILES string of the molecule is Cc1ncc(C(Cc2ccccc2Br)C(=O)O)nc1C. The van der Waals surface area contributed by atoms with Crippen LogP contribution < -0.4 is 0 Å². The summed E-state index contributed by atoms with van der Waals surface area (Å²) in [6.07, 6.45) is 1.94. The first-order valence-electron chi connectivity index (χ1n) is 6.25. The summed E-state index contributed by atoms with van der Waals surface area (Å²) >= 11 is 3.44. The number of aromatic nitrogens is 2. The molecule has 4 nitrogen and oxygen atoms in total. The van der Waals surface area contributed by atoms with Crippen molar-refractivity contribution in [1.29, 1.82) is 0 Å². The first kappa shape index (κ1) is 14.7. The van der Waals surface area contributed by atoms with Crippen LogP contribution >= 0.6 is 15.9 Å². The lowest BCUT2D eigenvalue weighted by atomic mass is 9.96. The van der Waals surface area contributed by atoms with Gasteiger partial charge >= 0.3 is 5.97 Å². The maximum Gasteiger partial charge on any atom is 0.312 e. The molecular weight excluding hydrogens is 320 g/mol. The van der Waals surface area contributed by atoms with Crippen molar-refractivity contribution >= 4 is 21.9 Å². The molecule has 20 heavy (non-hydrogen) atoms. The smallest absolute Gasteiger partial charge is 0.312 e. The molecule has 0 spiro atoms. The Morgan fingerprint density at radius 3 is 2.60 bits per heavy atom. The quantitative estimate of drug-likeness (QED) is 0.931. The summed E-state index contributed by atoms with van der Waals surface area (Å²) in [7, 11) is 0. The number of aliphatic carboxylic acids is 1. The highest BCUT2D eigenvalue weighted by molar-refractivity contribution is 9.10. The number of benzene rings is 1. The summed E-state index contributed by atoms with van der Waals surface area (Å²) in [4.78, 5) is 20.1. The predicted octanol–water partition coefficient (Wildman–Crippen LogP) is 3.27. The molecule has 2 aromatic rings. The van der Waals surface area contributed by atoms with Gasteiger partial charge in [0.15, 0.2) is 0 Å². The Balaban J connectivity index is 2.34. The number of nitrogens with zero attached hydrogens (tertiary/aromatic N) is 2. The number of aryl methyl sites for hydroxylation is 2. The van der Waals surface area contributed by atoms with Crippen molar-refractivity contribution in [2.45, 2.75) is 26.2 Å². The standard InChI is InChI=1S/C15H15BrN2O2/c1-9-10(2)18-14(8-17-9)12(15(19)20)7-11-5-3-4-6-13(11)16/h3-6,8,12H,7H2,1-2H3,(H,19,20). The van der Waals surface area contributed by atoms with E-state index < -0.39 is 11.9 Å². The van der Waals surface area contributed by atoms with E-state index in [1.807, 2.05) is 38.1 Å². The van der Waals surface area contributed by atoms with Crippen LogP contribution in [0.25, 0.3) is 0 Å². The van der Waals surface area contributed by atoms with Crippen LogP contribution in [0.15, 0.2) is 34.9 Å². The van der Waals surface area contributed by atoms with Gasteiger partial charge < -0.3 is 5.11 Å². The van der Waals surface area contributed by atoms with Crippen LogP contribution in [0.2, 0.25) is 0 Å². The molecule has 0 amide bonds. The Hall–Kier alpha value is -1.75. The molecule has 0 saturated carbocycles. The molecular formula is C15H15BrN2O2. The first-order chi connectivity index (χ1) is 9.49. The maximum atomic E-state index is 11.5. The zero-order valence-corrected chi connectivity index (χ0v) is 12.9. The molecule has 1 aromatic heterocycles. The van der Waals surface area contributed by atoms with E-state index in [0.717, 1.165) is 21.4 Å². The second-order valence-electron chi connectivity index (χ2n) is 4.65. The summed E-state index contributed by atoms with van der Waals surface area (Å²) < 4.78 is 0.906. The van der Waals surface area contributed by atoms with E-state index in [1.165, 1.54) is 0 Å². The van der Waals surface area contributed by atoms with Crippen LogP contribution in [0.5, 0.6) is 0 Å². The summed E-state index contributed by atoms with van der Waals surface area (Å²) in [6, 6.07) is 7.61. The minimum atomic E-state index is -0.890. The molecule has 0 radical (unpaired) electrons. The van der Waals surface area contributed by atoms with Crippen molar-refractivity contribution in [3.63, 3.8) is 0 Å². The van der Waals surface area contributed by atoms with E-state index in [0.29, 0.717) is 12.1 Å². The Labute approximate surface area is 126 Å². The average molecular weight is 335 g/mol. The van der Waals surface area contributed by atoms with E-state index in [4.69, 9.17) is 0 Å². The van der Waals surface area contributed by atoms with Gasteiger partial charge in [-0.2, -0.15) is 0 Å². The number of carboxylic acids is 1. The number of rotatable bonds is 4. The molecule has 1 unspecified atom stereocenters. The van der Waals surface area contributed by atoms with Gasteiger partial charge in [0.05, 0.1) is 17.1 Å². The monoisotopic (exact) mass is 334 g/mol. The van der Waals surface area contributed by atoms with E-state index >= 15 is 0 Å². The minimum absolute atomic E-state index is 0.383. The number of carbonyl (C=O) groups is 1. The van der Waals surface area contributed by atoms with Gasteiger partial charge in [-0.3, -0.25) is 14.8 Å². The molecule has 0 bridgehead atoms. The second-order valence-corrected chi connectivity index (χ2v) is 5.51. The highest BCUT2D eigenvalue weighted by Gasteiger charge is 2.23. The van der Waals surface area contributed by atoms with Crippen LogP contribution in [0.3, 0.4) is 0 Å². The Bertz CT molecular complexity index is 644. The molecule has 0 saturated heterocycles. The topological polar surface area (TPSA) is 63.1 Å². The fourth-order valence-corrected chi connectivity index (χ4v) is 2.38. The van der Waals surface area contributed by atoms with Gasteiger partial charge in [0.2, 0.25) is 0 Å². The van der Waals surface area contributed by atoms with Gasteiger partial charge in [0.25, 0.3) is 0 Å². The molecule has 0 fully saturated rings. The highest BCUT2D eigenvalue weighted by Crippen LogP contribution is 2.25. The lowest BCUT2D eigenvalue weighted by Gasteiger charge is -2.14. The molecule has 1 aromatic carbocycles. The van der Waals surface area contributed by atoms with E-state index in [1.54, 1.807) is 6.20 Å². The van der Waals surface area contributed by atoms with E-state index in [2.05, 4.69) is 25.9 Å². The normalized spacial score (nSPS) is 12.2. The first-order valence-corrected chi connectivity index (χ1v) is 7.04. The predicted molar refractivity (Wildman–Crippen MR) is 79.7 cm³/mol. The van der Waals surface area contributed by atoms with Crippen molar-refractivity contribution in [3.8, 4) is 0 Å². The summed E-state index contributed by atoms with van der Waals surface area (Å²) in [6.45, 7) is 3.69. The average Bonchev–Trinajstić information content (AvgIpc) is 2.41. The van der Waals surface area contributed by atoms with Crippen LogP contribution in [-0.4, -0.2) is 21.0 Å². The Kier molecular flexibility index (Phi) is 4.49. The number of hydrogen-bond acceptors (Lipinski definition) is 3. The van der Waals surface area contributed by atoms with Gasteiger partial charge in [0, 0.05) is 10.7 Å². The van der Waals surface area contributed by atoms with Gasteiger partial charge in [0.1, 0.15) is 5.92 Å². The van der Waals surface area contributed by atoms with E-state index in [9.17, 15) is 9.90 Å². The molecule has 5 heteroatoms. The summed E-state index contributed by atoms with van der Waals surface area (Å²) in [5.41, 5.74) is 3.02. The van der Waals surface area contributed by atoms with Gasteiger partial charge in [-0.25, -0.2) is 0 Å². The fraction of sp³-hybridized carbons (Fsp3) is 0.267. The fourth-order valence-electron chi connectivity index (χ4n) is 1.93. The van der Waals surface area contributed by atoms with Gasteiger partial charge in [-0.05, 0) is 31.9 Å². The van der Waals surface area contributed by atoms with Crippen molar-refractivity contribution in [1.82, 2.24) is 9.97 Å². The van der Waals surface area contributed by atoms with Gasteiger partial charge in [-0.15, -0.1) is 0 Å². The zero-order chi connectivity index (χ0) is 14.7. The van der Waals surface area contributed by atoms with Crippen molar-refractivity contribution < 1.29 is 9.90 Å². The molecule has 1 heterocycles. The molecule has 2 rings (SSSR count). The van der Waals surface area contributed by atoms with Crippen LogP contribution in [0, 0.1) is 13.8 Å². The molecule has 0 aliphatic rings. The molecule has 1 N–H and O–H groups in total. The summed E-state index contributed by atoms with van der Waals surface area (Å²) in [5, 5.41) is 9.46. The lowest BCUT2D eigenvalue weighted by molar-refractivity contribution is -0.138. The second kappa shape index (κ2) is 6.13. The molecule has 1 atom stereocenters. The summed E-state index contributed by atoms with van der Waals surface area (Å²) in [5.74, 6) is -1.58. The van der Waals surface area contributed by atoms with Crippen LogP contribution in [0.1, 0.15) is 28.6 Å². The van der Waals surface area contributed by atoms with Gasteiger partial charge in [-0.1, -0.05) is 34.1 Å². The number of hydrogen-bond donors (Lipinski definition) is 1. The third-order valence-electron chi connectivity index (χ3n) is 3.25. The van der Waals surface area contributed by atoms with Crippen LogP contribution in [-0.2, 0) is 11.2 Å². The highest BCUT2D eigenvalue weighted by atomic mass is 79.9. The molecule has 0 aliphatic heterocycles. The maximum absolute atomic E-state index is 11.5.